The molecule has 0 N–H and O–H groups in total. The van der Waals surface area contributed by atoms with E-state index in [1.165, 1.54) is 13.2 Å². The predicted molar refractivity (Wildman–Crippen MR) is 40.6 cm³/mol. The fraction of sp³-hybridized carbons (Fsp3) is 0.625. The molecule has 0 bridgehead atoms. The Morgan fingerprint density at radius 1 is 1.40 bits per heavy atom. The number of ether oxygens (including phenoxy) is 1. The van der Waals surface area contributed by atoms with E-state index >= 15 is 0 Å². The Morgan fingerprint density at radius 2 is 1.90 bits per heavy atom. The number of allylic oxidation sites excluding steroid dienone is 1. The van der Waals surface area contributed by atoms with Crippen molar-refractivity contribution in [2.75, 3.05) is 7.11 Å². The molecule has 0 aromatic carbocycles. The van der Waals surface area contributed by atoms with Gasteiger partial charge in [-0.05, 0) is 5.41 Å². The molecule has 0 fully saturated rings. The summed E-state index contributed by atoms with van der Waals surface area (Å²) in [5.41, 5.74) is 0.0498. The number of methoxy groups -OCH3 is 1. The molecule has 0 aliphatic carbocycles. The molecule has 2 heteroatoms. The molecular weight excluding hydrogens is 128 g/mol. The van der Waals surface area contributed by atoms with Crippen LogP contribution in [0.1, 0.15) is 20.8 Å². The van der Waals surface area contributed by atoms with E-state index in [1.807, 2.05) is 26.8 Å². The zero-order chi connectivity index (χ0) is 8.20. The average molecular weight is 142 g/mol. The van der Waals surface area contributed by atoms with Crippen LogP contribution >= 0.6 is 0 Å². The molecule has 0 radical (unpaired) electrons. The second kappa shape index (κ2) is 3.40. The molecule has 0 atom stereocenters. The average Bonchev–Trinajstić information content (AvgIpc) is 1.81. The van der Waals surface area contributed by atoms with Crippen molar-refractivity contribution < 1.29 is 9.53 Å². The van der Waals surface area contributed by atoms with Crippen molar-refractivity contribution in [3.63, 3.8) is 0 Å². The third-order valence-electron chi connectivity index (χ3n) is 0.921. The molecule has 0 unspecified atom stereocenters. The maximum Gasteiger partial charge on any atom is 0.330 e. The quantitative estimate of drug-likeness (QED) is 0.412. The first kappa shape index (κ1) is 9.21. The summed E-state index contributed by atoms with van der Waals surface area (Å²) in [5.74, 6) is -0.296. The number of rotatable bonds is 1. The van der Waals surface area contributed by atoms with Gasteiger partial charge in [0, 0.05) is 6.08 Å². The molecule has 0 rings (SSSR count). The summed E-state index contributed by atoms with van der Waals surface area (Å²) in [6.45, 7) is 6.06. The van der Waals surface area contributed by atoms with E-state index in [4.69, 9.17) is 0 Å². The fourth-order valence-corrected chi connectivity index (χ4v) is 0.386. The third-order valence-corrected chi connectivity index (χ3v) is 0.921. The Labute approximate surface area is 61.9 Å². The van der Waals surface area contributed by atoms with Gasteiger partial charge in [0.1, 0.15) is 0 Å². The van der Waals surface area contributed by atoms with E-state index in [9.17, 15) is 4.79 Å². The van der Waals surface area contributed by atoms with Gasteiger partial charge in [0.15, 0.2) is 0 Å². The molecule has 10 heavy (non-hydrogen) atoms. The number of hydrogen-bond donors (Lipinski definition) is 0. The standard InChI is InChI=1S/C8H14O2/c1-8(2,3)6-5-7(9)10-4/h5-6H,1-4H3/b6-5-. The van der Waals surface area contributed by atoms with Crippen molar-refractivity contribution in [3.8, 4) is 0 Å². The van der Waals surface area contributed by atoms with Gasteiger partial charge >= 0.3 is 5.97 Å². The summed E-state index contributed by atoms with van der Waals surface area (Å²) in [5, 5.41) is 0. The summed E-state index contributed by atoms with van der Waals surface area (Å²) < 4.78 is 4.42. The Kier molecular flexibility index (Phi) is 3.13. The van der Waals surface area contributed by atoms with Gasteiger partial charge < -0.3 is 4.74 Å². The lowest BCUT2D eigenvalue weighted by Crippen LogP contribution is -2.02. The van der Waals surface area contributed by atoms with Gasteiger partial charge in [-0.15, -0.1) is 0 Å². The Bertz CT molecular complexity index is 140. The Balaban J connectivity index is 3.88. The number of esters is 1. The van der Waals surface area contributed by atoms with Crippen molar-refractivity contribution in [1.82, 2.24) is 0 Å². The fourth-order valence-electron chi connectivity index (χ4n) is 0.386. The molecular formula is C8H14O2. The van der Waals surface area contributed by atoms with Gasteiger partial charge in [0.2, 0.25) is 0 Å². The van der Waals surface area contributed by atoms with Crippen LogP contribution < -0.4 is 0 Å². The van der Waals surface area contributed by atoms with Crippen LogP contribution in [0.2, 0.25) is 0 Å². The third kappa shape index (κ3) is 5.35. The molecule has 0 heterocycles. The normalized spacial score (nSPS) is 12.0. The van der Waals surface area contributed by atoms with E-state index in [0.717, 1.165) is 0 Å². The largest absolute Gasteiger partial charge is 0.466 e. The lowest BCUT2D eigenvalue weighted by atomic mass is 9.96. The van der Waals surface area contributed by atoms with E-state index in [2.05, 4.69) is 4.74 Å². The topological polar surface area (TPSA) is 26.3 Å². The van der Waals surface area contributed by atoms with Crippen LogP contribution in [-0.2, 0) is 9.53 Å². The highest BCUT2D eigenvalue weighted by molar-refractivity contribution is 5.81. The van der Waals surface area contributed by atoms with Crippen molar-refractivity contribution in [2.24, 2.45) is 5.41 Å². The van der Waals surface area contributed by atoms with E-state index in [1.54, 1.807) is 0 Å². The van der Waals surface area contributed by atoms with Crippen molar-refractivity contribution in [1.29, 1.82) is 0 Å². The van der Waals surface area contributed by atoms with Gasteiger partial charge in [-0.3, -0.25) is 0 Å². The number of carbonyl (C=O) groups is 1. The van der Waals surface area contributed by atoms with Crippen molar-refractivity contribution in [2.45, 2.75) is 20.8 Å². The first-order valence-electron chi connectivity index (χ1n) is 3.23. The van der Waals surface area contributed by atoms with Gasteiger partial charge in [-0.25, -0.2) is 4.79 Å². The zero-order valence-electron chi connectivity index (χ0n) is 6.97. The highest BCUT2D eigenvalue weighted by Crippen LogP contribution is 2.13. The molecule has 0 saturated heterocycles. The maximum atomic E-state index is 10.5. The van der Waals surface area contributed by atoms with Gasteiger partial charge in [-0.2, -0.15) is 0 Å². The smallest absolute Gasteiger partial charge is 0.330 e. The van der Waals surface area contributed by atoms with Crippen LogP contribution in [-0.4, -0.2) is 13.1 Å². The van der Waals surface area contributed by atoms with Crippen molar-refractivity contribution >= 4 is 5.97 Å². The molecule has 0 aliphatic heterocycles. The van der Waals surface area contributed by atoms with Crippen LogP contribution in [0.25, 0.3) is 0 Å². The summed E-state index contributed by atoms with van der Waals surface area (Å²) in [4.78, 5) is 10.5. The predicted octanol–water partition coefficient (Wildman–Crippen LogP) is 1.76. The zero-order valence-corrected chi connectivity index (χ0v) is 6.97. The molecule has 0 aromatic heterocycles. The molecule has 0 aromatic rings. The Hall–Kier alpha value is -0.790. The minimum atomic E-state index is -0.296. The molecule has 0 saturated carbocycles. The number of carbonyl (C=O) groups excluding carboxylic acids is 1. The lowest BCUT2D eigenvalue weighted by Gasteiger charge is -2.09. The summed E-state index contributed by atoms with van der Waals surface area (Å²) in [6.07, 6.45) is 3.26. The lowest BCUT2D eigenvalue weighted by molar-refractivity contribution is -0.134. The summed E-state index contributed by atoms with van der Waals surface area (Å²) >= 11 is 0. The van der Waals surface area contributed by atoms with Gasteiger partial charge in [0.05, 0.1) is 7.11 Å². The summed E-state index contributed by atoms with van der Waals surface area (Å²) in [7, 11) is 1.37. The molecule has 58 valence electrons. The first-order valence-corrected chi connectivity index (χ1v) is 3.23. The summed E-state index contributed by atoms with van der Waals surface area (Å²) in [6, 6.07) is 0. The molecule has 0 spiro atoms. The van der Waals surface area contributed by atoms with Gasteiger partial charge in [0.25, 0.3) is 0 Å². The molecule has 2 nitrogen and oxygen atoms in total. The van der Waals surface area contributed by atoms with Crippen LogP contribution in [0.3, 0.4) is 0 Å². The number of hydrogen-bond acceptors (Lipinski definition) is 2. The second-order valence-corrected chi connectivity index (χ2v) is 3.22. The highest BCUT2D eigenvalue weighted by atomic mass is 16.5. The molecule has 0 amide bonds. The van der Waals surface area contributed by atoms with Crippen LogP contribution in [0.4, 0.5) is 0 Å². The second-order valence-electron chi connectivity index (χ2n) is 3.22. The minimum absolute atomic E-state index is 0.0498. The van der Waals surface area contributed by atoms with Crippen LogP contribution in [0.5, 0.6) is 0 Å². The van der Waals surface area contributed by atoms with Crippen LogP contribution in [0.15, 0.2) is 12.2 Å². The van der Waals surface area contributed by atoms with E-state index in [-0.39, 0.29) is 11.4 Å². The highest BCUT2D eigenvalue weighted by Gasteiger charge is 2.04. The Morgan fingerprint density at radius 3 is 2.20 bits per heavy atom. The molecule has 0 aliphatic rings. The monoisotopic (exact) mass is 142 g/mol. The van der Waals surface area contributed by atoms with E-state index < -0.39 is 0 Å². The van der Waals surface area contributed by atoms with Crippen molar-refractivity contribution in [3.05, 3.63) is 12.2 Å². The SMILES string of the molecule is COC(=O)/C=C\C(C)(C)C. The van der Waals surface area contributed by atoms with E-state index in [0.29, 0.717) is 0 Å². The maximum absolute atomic E-state index is 10.5. The first-order chi connectivity index (χ1) is 4.45. The van der Waals surface area contributed by atoms with Gasteiger partial charge in [-0.1, -0.05) is 26.8 Å². The van der Waals surface area contributed by atoms with Crippen LogP contribution in [0, 0.1) is 5.41 Å². The minimum Gasteiger partial charge on any atom is -0.466 e.